The summed E-state index contributed by atoms with van der Waals surface area (Å²) in [5, 5.41) is 14.5. The zero-order chi connectivity index (χ0) is 41.4. The number of hydrogen-bond acceptors (Lipinski definition) is 7. The van der Waals surface area contributed by atoms with Gasteiger partial charge in [-0.15, -0.1) is 0 Å². The number of benzene rings is 3. The lowest BCUT2D eigenvalue weighted by Crippen LogP contribution is -2.39. The van der Waals surface area contributed by atoms with Crippen LogP contribution in [0.25, 0.3) is 21.8 Å². The SMILES string of the molecule is C.COC(=O)c1cc(C2CC2)cnc1N(C(=O)C(F)(F)F)c1ccc2[nH]ccc2c1.Cc1ccc(Cn2ccc3cc(Nc4ncc(C5CC5)cc4C(=O)O)ccc32)cc1. The molecule has 0 atom stereocenters. The van der Waals surface area contributed by atoms with Crippen LogP contribution in [0.5, 0.6) is 0 Å². The minimum atomic E-state index is -5.17. The number of methoxy groups -OCH3 is 1. The monoisotopic (exact) mass is 816 g/mol. The van der Waals surface area contributed by atoms with Crippen LogP contribution in [-0.2, 0) is 16.1 Å². The average molecular weight is 817 g/mol. The lowest BCUT2D eigenvalue weighted by molar-refractivity contribution is -0.169. The molecule has 60 heavy (non-hydrogen) atoms. The van der Waals surface area contributed by atoms with Gasteiger partial charge in [0, 0.05) is 58.8 Å². The van der Waals surface area contributed by atoms with Crippen LogP contribution in [0.2, 0.25) is 0 Å². The van der Waals surface area contributed by atoms with E-state index in [9.17, 15) is 32.7 Å². The first-order chi connectivity index (χ1) is 28.4. The second kappa shape index (κ2) is 16.7. The minimum Gasteiger partial charge on any atom is -0.478 e. The summed E-state index contributed by atoms with van der Waals surface area (Å²) >= 11 is 0. The third-order valence-electron chi connectivity index (χ3n) is 10.5. The van der Waals surface area contributed by atoms with Crippen molar-refractivity contribution in [3.63, 3.8) is 0 Å². The Morgan fingerprint density at radius 3 is 2.20 bits per heavy atom. The molecule has 0 aliphatic heterocycles. The van der Waals surface area contributed by atoms with Gasteiger partial charge in [-0.25, -0.2) is 19.6 Å². The van der Waals surface area contributed by atoms with Gasteiger partial charge in [0.1, 0.15) is 16.9 Å². The number of aromatic carboxylic acids is 1. The molecule has 2 fully saturated rings. The van der Waals surface area contributed by atoms with Crippen LogP contribution in [0.4, 0.5) is 36.2 Å². The summed E-state index contributed by atoms with van der Waals surface area (Å²) < 4.78 is 47.2. The topological polar surface area (TPSA) is 142 Å². The Bertz CT molecular complexity index is 2720. The van der Waals surface area contributed by atoms with Crippen molar-refractivity contribution in [2.45, 2.75) is 64.6 Å². The Kier molecular flexibility index (Phi) is 11.5. The van der Waals surface area contributed by atoms with Gasteiger partial charge in [0.05, 0.1) is 12.8 Å². The number of esters is 1. The van der Waals surface area contributed by atoms with Gasteiger partial charge in [0.15, 0.2) is 5.82 Å². The lowest BCUT2D eigenvalue weighted by Gasteiger charge is -2.25. The highest BCUT2D eigenvalue weighted by molar-refractivity contribution is 6.08. The zero-order valence-electron chi connectivity index (χ0n) is 32.1. The van der Waals surface area contributed by atoms with Crippen molar-refractivity contribution in [1.29, 1.82) is 0 Å². The molecule has 4 heterocycles. The number of aromatic nitrogens is 4. The van der Waals surface area contributed by atoms with Crippen LogP contribution in [0.3, 0.4) is 0 Å². The molecule has 2 aliphatic carbocycles. The molecule has 308 valence electrons. The molecule has 3 N–H and O–H groups in total. The van der Waals surface area contributed by atoms with E-state index in [-0.39, 0.29) is 30.2 Å². The lowest BCUT2D eigenvalue weighted by atomic mass is 10.1. The number of carbonyl (C=O) groups is 3. The number of aryl methyl sites for hydroxylation is 1. The van der Waals surface area contributed by atoms with E-state index in [2.05, 4.69) is 74.4 Å². The van der Waals surface area contributed by atoms with Gasteiger partial charge in [-0.2, -0.15) is 13.2 Å². The summed E-state index contributed by atoms with van der Waals surface area (Å²) in [6, 6.07) is 25.9. The van der Waals surface area contributed by atoms with E-state index in [1.807, 2.05) is 12.1 Å². The van der Waals surface area contributed by atoms with Crippen molar-refractivity contribution in [2.24, 2.45) is 0 Å². The molecular weight excluding hydrogens is 774 g/mol. The summed E-state index contributed by atoms with van der Waals surface area (Å²) in [6.07, 6.45) is 5.80. The molecule has 2 saturated carbocycles. The molecule has 0 unspecified atom stereocenters. The maximum atomic E-state index is 13.4. The quantitative estimate of drug-likeness (QED) is 0.116. The highest BCUT2D eigenvalue weighted by Crippen LogP contribution is 2.43. The van der Waals surface area contributed by atoms with E-state index in [1.165, 1.54) is 35.5 Å². The predicted octanol–water partition coefficient (Wildman–Crippen LogP) is 10.8. The third-order valence-corrected chi connectivity index (χ3v) is 10.5. The Morgan fingerprint density at radius 1 is 0.867 bits per heavy atom. The number of aromatic amines is 1. The number of H-pyrrole nitrogens is 1. The van der Waals surface area contributed by atoms with Crippen molar-refractivity contribution < 1.29 is 37.4 Å². The largest absolute Gasteiger partial charge is 0.478 e. The van der Waals surface area contributed by atoms with Gasteiger partial charge < -0.3 is 24.7 Å². The molecule has 4 aromatic heterocycles. The number of carbonyl (C=O) groups excluding carboxylic acids is 2. The van der Waals surface area contributed by atoms with Gasteiger partial charge in [-0.1, -0.05) is 37.3 Å². The number of carboxylic acids is 1. The molecule has 0 bridgehead atoms. The van der Waals surface area contributed by atoms with Crippen LogP contribution < -0.4 is 10.2 Å². The van der Waals surface area contributed by atoms with Gasteiger partial charge in [0.25, 0.3) is 0 Å². The normalized spacial score (nSPS) is 13.6. The number of fused-ring (bicyclic) bond motifs is 2. The van der Waals surface area contributed by atoms with Gasteiger partial charge in [-0.3, -0.25) is 9.69 Å². The standard InChI is InChI=1S/C25H23N3O2.C20H16F3N3O3.CH4/c1-16-2-4-17(5-3-16)15-28-11-10-19-12-21(8-9-23(19)28)27-24-22(25(29)30)13-20(14-26-24)18-6-7-18;1-29-18(27)15-9-13(11-2-3-11)10-25-17(15)26(19(28)20(21,22)23)14-4-5-16-12(8-14)6-7-24-16;/h2-5,8-14,18H,6-7,15H2,1H3,(H,26,27)(H,29,30);4-11,24H,2-3H2,1H3;1H4. The number of carboxylic acid groups (broad SMARTS) is 1. The first kappa shape index (κ1) is 41.2. The number of ether oxygens (including phenoxy) is 1. The summed E-state index contributed by atoms with van der Waals surface area (Å²) in [5.41, 5.74) is 6.88. The molecule has 1 amide bonds. The number of hydrogen-bond donors (Lipinski definition) is 3. The number of halogens is 3. The Hall–Kier alpha value is -6.96. The maximum Gasteiger partial charge on any atom is 0.472 e. The number of nitrogens with zero attached hydrogens (tertiary/aromatic N) is 4. The fourth-order valence-electron chi connectivity index (χ4n) is 7.02. The summed E-state index contributed by atoms with van der Waals surface area (Å²) in [5.74, 6) is -3.33. The number of amides is 1. The zero-order valence-corrected chi connectivity index (χ0v) is 32.1. The molecule has 7 aromatic rings. The fraction of sp³-hybridized carbons (Fsp3) is 0.239. The molecule has 11 nitrogen and oxygen atoms in total. The molecule has 0 radical (unpaired) electrons. The number of rotatable bonds is 10. The molecule has 3 aromatic carbocycles. The van der Waals surface area contributed by atoms with Crippen LogP contribution in [0, 0.1) is 6.92 Å². The third kappa shape index (κ3) is 8.87. The van der Waals surface area contributed by atoms with E-state index in [1.54, 1.807) is 30.6 Å². The van der Waals surface area contributed by atoms with Crippen molar-refractivity contribution in [2.75, 3.05) is 17.3 Å². The predicted molar refractivity (Wildman–Crippen MR) is 224 cm³/mol. The smallest absolute Gasteiger partial charge is 0.472 e. The van der Waals surface area contributed by atoms with E-state index in [4.69, 9.17) is 4.74 Å². The molecule has 2 aliphatic rings. The number of anilines is 4. The second-order valence-corrected chi connectivity index (χ2v) is 14.9. The first-order valence-corrected chi connectivity index (χ1v) is 19.1. The number of nitrogens with one attached hydrogen (secondary N) is 2. The van der Waals surface area contributed by atoms with Crippen LogP contribution in [0.1, 0.15) is 87.9 Å². The molecule has 0 saturated heterocycles. The van der Waals surface area contributed by atoms with Crippen LogP contribution in [-0.4, -0.2) is 55.8 Å². The van der Waals surface area contributed by atoms with Gasteiger partial charge in [-0.05, 0) is 122 Å². The molecule has 0 spiro atoms. The highest BCUT2D eigenvalue weighted by atomic mass is 19.4. The van der Waals surface area contributed by atoms with Crippen molar-refractivity contribution in [3.8, 4) is 0 Å². The Balaban J connectivity index is 0.000000179. The molecule has 9 rings (SSSR count). The van der Waals surface area contributed by atoms with Crippen molar-refractivity contribution in [3.05, 3.63) is 143 Å². The van der Waals surface area contributed by atoms with Crippen molar-refractivity contribution >= 4 is 62.7 Å². The van der Waals surface area contributed by atoms with Gasteiger partial charge in [0.2, 0.25) is 0 Å². The average Bonchev–Trinajstić information content (AvgIpc) is 4.17. The Labute approximate surface area is 343 Å². The van der Waals surface area contributed by atoms with E-state index in [0.717, 1.165) is 67.1 Å². The Morgan fingerprint density at radius 2 is 1.55 bits per heavy atom. The summed E-state index contributed by atoms with van der Waals surface area (Å²) in [6.45, 7) is 2.90. The highest BCUT2D eigenvalue weighted by Gasteiger charge is 2.45. The summed E-state index contributed by atoms with van der Waals surface area (Å²) in [7, 11) is 1.12. The second-order valence-electron chi connectivity index (χ2n) is 14.9. The van der Waals surface area contributed by atoms with Gasteiger partial charge >= 0.3 is 24.0 Å². The van der Waals surface area contributed by atoms with E-state index in [0.29, 0.717) is 27.5 Å². The number of pyridine rings is 2. The first-order valence-electron chi connectivity index (χ1n) is 19.1. The maximum absolute atomic E-state index is 13.4. The summed E-state index contributed by atoms with van der Waals surface area (Å²) in [4.78, 5) is 48.2. The fourth-order valence-corrected chi connectivity index (χ4v) is 7.02. The minimum absolute atomic E-state index is 0. The van der Waals surface area contributed by atoms with Crippen molar-refractivity contribution in [1.82, 2.24) is 19.5 Å². The van der Waals surface area contributed by atoms with E-state index < -0.39 is 29.8 Å². The van der Waals surface area contributed by atoms with Crippen LogP contribution in [0.15, 0.2) is 110 Å². The van der Waals surface area contributed by atoms with Crippen LogP contribution >= 0.6 is 0 Å². The number of alkyl halides is 3. The van der Waals surface area contributed by atoms with E-state index >= 15 is 0 Å². The molecular formula is C46H43F3N6O5. The molecule has 14 heteroatoms.